The summed E-state index contributed by atoms with van der Waals surface area (Å²) in [6.45, 7) is 0. The van der Waals surface area contributed by atoms with Gasteiger partial charge in [0.15, 0.2) is 0 Å². The van der Waals surface area contributed by atoms with Crippen LogP contribution < -0.4 is 0 Å². The fourth-order valence-corrected chi connectivity index (χ4v) is 9.83. The van der Waals surface area contributed by atoms with Gasteiger partial charge in [-0.05, 0) is 99.6 Å². The largest absolute Gasteiger partial charge is 0.309 e. The van der Waals surface area contributed by atoms with Crippen molar-refractivity contribution in [3.05, 3.63) is 229 Å². The van der Waals surface area contributed by atoms with E-state index in [1.54, 1.807) is 0 Å². The second kappa shape index (κ2) is 12.2. The van der Waals surface area contributed by atoms with Crippen molar-refractivity contribution in [2.45, 2.75) is 5.41 Å². The Morgan fingerprint density at radius 3 is 1.63 bits per heavy atom. The fourth-order valence-electron chi connectivity index (χ4n) is 9.83. The van der Waals surface area contributed by atoms with Gasteiger partial charge < -0.3 is 9.13 Å². The summed E-state index contributed by atoms with van der Waals surface area (Å²) in [7, 11) is 0. The van der Waals surface area contributed by atoms with Crippen LogP contribution in [0.5, 0.6) is 0 Å². The number of nitrogens with zero attached hydrogens (tertiary/aromatic N) is 4. The van der Waals surface area contributed by atoms with E-state index in [9.17, 15) is 0 Å². The lowest BCUT2D eigenvalue weighted by Gasteiger charge is -2.33. The number of hydrogen-bond acceptors (Lipinski definition) is 2. The van der Waals surface area contributed by atoms with Crippen molar-refractivity contribution >= 4 is 43.7 Å². The third-order valence-electron chi connectivity index (χ3n) is 12.2. The summed E-state index contributed by atoms with van der Waals surface area (Å²) in [6.07, 6.45) is 5.89. The summed E-state index contributed by atoms with van der Waals surface area (Å²) < 4.78 is 4.73. The Morgan fingerprint density at radius 1 is 0.404 bits per heavy atom. The number of pyridine rings is 2. The molecule has 0 spiro atoms. The van der Waals surface area contributed by atoms with Crippen LogP contribution >= 0.6 is 0 Å². The number of rotatable bonds is 5. The van der Waals surface area contributed by atoms with Crippen molar-refractivity contribution in [3.8, 4) is 33.6 Å². The van der Waals surface area contributed by atoms with Crippen LogP contribution in [0.25, 0.3) is 77.4 Å². The minimum atomic E-state index is -0.483. The Balaban J connectivity index is 1.01. The van der Waals surface area contributed by atoms with Crippen LogP contribution in [0.2, 0.25) is 0 Å². The van der Waals surface area contributed by atoms with Gasteiger partial charge in [-0.15, -0.1) is 0 Å². The summed E-state index contributed by atoms with van der Waals surface area (Å²) >= 11 is 0. The smallest absolute Gasteiger partial charge is 0.0963 e. The van der Waals surface area contributed by atoms with Crippen molar-refractivity contribution in [1.82, 2.24) is 19.1 Å². The van der Waals surface area contributed by atoms with Crippen LogP contribution in [0.4, 0.5) is 0 Å². The molecule has 0 N–H and O–H groups in total. The molecule has 0 unspecified atom stereocenters. The van der Waals surface area contributed by atoms with Gasteiger partial charge in [-0.25, -0.2) is 0 Å². The van der Waals surface area contributed by atoms with E-state index in [0.29, 0.717) is 0 Å². The first kappa shape index (κ1) is 31.8. The van der Waals surface area contributed by atoms with Crippen molar-refractivity contribution in [1.29, 1.82) is 0 Å². The predicted octanol–water partition coefficient (Wildman–Crippen LogP) is 12.7. The summed E-state index contributed by atoms with van der Waals surface area (Å²) in [5.74, 6) is 0. The molecule has 266 valence electrons. The van der Waals surface area contributed by atoms with E-state index >= 15 is 0 Å². The van der Waals surface area contributed by atoms with E-state index in [1.807, 2.05) is 18.5 Å². The molecule has 12 rings (SSSR count). The third-order valence-corrected chi connectivity index (χ3v) is 12.2. The van der Waals surface area contributed by atoms with E-state index in [2.05, 4.69) is 197 Å². The second-order valence-electron chi connectivity index (χ2n) is 15.0. The van der Waals surface area contributed by atoms with E-state index in [1.165, 1.54) is 66.3 Å². The Bertz CT molecular complexity index is 3230. The van der Waals surface area contributed by atoms with Crippen molar-refractivity contribution in [3.63, 3.8) is 0 Å². The summed E-state index contributed by atoms with van der Waals surface area (Å²) in [5.41, 5.74) is 17.3. The number of hydrogen-bond donors (Lipinski definition) is 0. The van der Waals surface area contributed by atoms with E-state index < -0.39 is 5.41 Å². The highest BCUT2D eigenvalue weighted by Crippen LogP contribution is 2.58. The highest BCUT2D eigenvalue weighted by atomic mass is 15.0. The fraction of sp³-hybridized carbons (Fsp3) is 0.0189. The standard InChI is InChI=1S/C53H34N4/c1-3-12-37(13-4-1)53(38-14-5-2-6-15-38)44-31-33-54-34-43(44)50-45(53)29-30-48-51(50)41-16-7-9-18-46(41)56(48)39-25-21-35(22-26-39)36-23-27-40(28-24-36)57-47-19-10-8-17-42(47)52-49(57)20-11-32-55-52/h1-34H. The molecule has 4 heteroatoms. The first-order chi connectivity index (χ1) is 28.3. The molecule has 0 amide bonds. The van der Waals surface area contributed by atoms with Crippen LogP contribution in [-0.2, 0) is 5.41 Å². The minimum absolute atomic E-state index is 0.483. The molecule has 0 fully saturated rings. The average Bonchev–Trinajstić information content (AvgIpc) is 3.92. The number of benzene rings is 7. The lowest BCUT2D eigenvalue weighted by Crippen LogP contribution is -2.28. The molecule has 0 atom stereocenters. The van der Waals surface area contributed by atoms with Crippen LogP contribution in [-0.4, -0.2) is 19.1 Å². The Labute approximate surface area is 329 Å². The molecule has 0 aliphatic heterocycles. The molecule has 11 aromatic rings. The maximum absolute atomic E-state index is 4.73. The zero-order valence-electron chi connectivity index (χ0n) is 30.9. The van der Waals surface area contributed by atoms with Crippen molar-refractivity contribution in [2.75, 3.05) is 0 Å². The van der Waals surface area contributed by atoms with Gasteiger partial charge in [0.1, 0.15) is 0 Å². The molecule has 0 saturated carbocycles. The predicted molar refractivity (Wildman–Crippen MR) is 233 cm³/mol. The highest BCUT2D eigenvalue weighted by molar-refractivity contribution is 6.18. The SMILES string of the molecule is c1ccc(C2(c3ccccc3)c3ccncc3-c3c2ccc2c3c3ccccc3n2-c2ccc(-c3ccc(-n4c5ccccc5c5ncccc54)cc3)cc2)cc1. The quantitative estimate of drug-likeness (QED) is 0.177. The molecule has 1 aliphatic rings. The molecule has 0 bridgehead atoms. The van der Waals surface area contributed by atoms with Crippen molar-refractivity contribution in [2.24, 2.45) is 0 Å². The van der Waals surface area contributed by atoms with Gasteiger partial charge in [-0.1, -0.05) is 127 Å². The van der Waals surface area contributed by atoms with Crippen LogP contribution in [0, 0.1) is 0 Å². The molecular formula is C53H34N4. The van der Waals surface area contributed by atoms with Gasteiger partial charge >= 0.3 is 0 Å². The monoisotopic (exact) mass is 726 g/mol. The molecule has 1 aliphatic carbocycles. The lowest BCUT2D eigenvalue weighted by molar-refractivity contribution is 0.767. The van der Waals surface area contributed by atoms with E-state index in [4.69, 9.17) is 9.97 Å². The second-order valence-corrected chi connectivity index (χ2v) is 15.0. The summed E-state index contributed by atoms with van der Waals surface area (Å²) in [5, 5.41) is 3.65. The first-order valence-electron chi connectivity index (χ1n) is 19.5. The zero-order valence-corrected chi connectivity index (χ0v) is 30.9. The summed E-state index contributed by atoms with van der Waals surface area (Å²) in [6, 6.07) is 68.3. The molecule has 7 aromatic carbocycles. The van der Waals surface area contributed by atoms with Gasteiger partial charge in [0, 0.05) is 51.7 Å². The van der Waals surface area contributed by atoms with Gasteiger partial charge in [0.05, 0.1) is 33.0 Å². The average molecular weight is 727 g/mol. The number of para-hydroxylation sites is 2. The normalized spacial score (nSPS) is 13.1. The van der Waals surface area contributed by atoms with E-state index in [0.717, 1.165) is 33.3 Å². The first-order valence-corrected chi connectivity index (χ1v) is 19.5. The number of fused-ring (bicyclic) bond motifs is 10. The van der Waals surface area contributed by atoms with Gasteiger partial charge in [0.25, 0.3) is 0 Å². The van der Waals surface area contributed by atoms with Crippen LogP contribution in [0.1, 0.15) is 22.3 Å². The highest BCUT2D eigenvalue weighted by Gasteiger charge is 2.47. The summed E-state index contributed by atoms with van der Waals surface area (Å²) in [4.78, 5) is 9.45. The van der Waals surface area contributed by atoms with Gasteiger partial charge in [-0.3, -0.25) is 9.97 Å². The molecule has 4 aromatic heterocycles. The topological polar surface area (TPSA) is 35.6 Å². The molecule has 4 heterocycles. The van der Waals surface area contributed by atoms with Crippen LogP contribution in [0.15, 0.2) is 207 Å². The van der Waals surface area contributed by atoms with Gasteiger partial charge in [0.2, 0.25) is 0 Å². The number of aromatic nitrogens is 4. The maximum Gasteiger partial charge on any atom is 0.0963 e. The third kappa shape index (κ3) is 4.44. The zero-order chi connectivity index (χ0) is 37.5. The van der Waals surface area contributed by atoms with Gasteiger partial charge in [-0.2, -0.15) is 0 Å². The maximum atomic E-state index is 4.73. The van der Waals surface area contributed by atoms with Crippen LogP contribution in [0.3, 0.4) is 0 Å². The molecule has 0 saturated heterocycles. The Hall–Kier alpha value is -7.56. The Kier molecular flexibility index (Phi) is 6.81. The minimum Gasteiger partial charge on any atom is -0.309 e. The lowest BCUT2D eigenvalue weighted by atomic mass is 9.68. The molecule has 4 nitrogen and oxygen atoms in total. The molecular weight excluding hydrogens is 693 g/mol. The Morgan fingerprint density at radius 2 is 0.965 bits per heavy atom. The van der Waals surface area contributed by atoms with E-state index in [-0.39, 0.29) is 0 Å². The van der Waals surface area contributed by atoms with Crippen molar-refractivity contribution < 1.29 is 0 Å². The molecule has 0 radical (unpaired) electrons. The molecule has 57 heavy (non-hydrogen) atoms.